The highest BCUT2D eigenvalue weighted by atomic mass is 16.5. The van der Waals surface area contributed by atoms with Crippen LogP contribution in [0.2, 0.25) is 0 Å². The first-order valence-electron chi connectivity index (χ1n) is 7.63. The minimum atomic E-state index is -0.440. The maximum atomic E-state index is 9.75. The Balaban J connectivity index is 2.95. The maximum Gasteiger partial charge on any atom is 0.123 e. The molecular formula is C17H29NO2. The van der Waals surface area contributed by atoms with Crippen molar-refractivity contribution in [1.29, 1.82) is 0 Å². The van der Waals surface area contributed by atoms with E-state index in [0.717, 1.165) is 36.5 Å². The zero-order chi connectivity index (χ0) is 15.1. The first-order valence-corrected chi connectivity index (χ1v) is 7.63. The van der Waals surface area contributed by atoms with Crippen LogP contribution in [0, 0.1) is 5.92 Å². The molecular weight excluding hydrogens is 250 g/mol. The monoisotopic (exact) mass is 279 g/mol. The lowest BCUT2D eigenvalue weighted by atomic mass is 10.0. The van der Waals surface area contributed by atoms with E-state index in [1.807, 2.05) is 19.1 Å². The number of hydrogen-bond donors (Lipinski definition) is 1. The molecule has 0 aromatic heterocycles. The summed E-state index contributed by atoms with van der Waals surface area (Å²) in [5, 5.41) is 9.75. The quantitative estimate of drug-likeness (QED) is 0.789. The van der Waals surface area contributed by atoms with E-state index in [9.17, 15) is 5.11 Å². The Labute approximate surface area is 123 Å². The van der Waals surface area contributed by atoms with E-state index in [2.05, 4.69) is 31.7 Å². The average molecular weight is 279 g/mol. The lowest BCUT2D eigenvalue weighted by Gasteiger charge is -2.24. The van der Waals surface area contributed by atoms with Crippen LogP contribution in [0.25, 0.3) is 0 Å². The molecule has 1 rings (SSSR count). The number of aliphatic hydroxyl groups is 1. The molecule has 0 spiro atoms. The Hall–Kier alpha value is -1.06. The fourth-order valence-corrected chi connectivity index (χ4v) is 2.34. The Morgan fingerprint density at radius 2 is 1.90 bits per heavy atom. The van der Waals surface area contributed by atoms with Gasteiger partial charge in [0.1, 0.15) is 5.75 Å². The highest BCUT2D eigenvalue weighted by Crippen LogP contribution is 2.25. The molecule has 0 fully saturated rings. The Morgan fingerprint density at radius 3 is 2.40 bits per heavy atom. The third-order valence-electron chi connectivity index (χ3n) is 3.33. The SMILES string of the molecule is CCOc1ccc(C(C)O)cc1CN(CC)CC(C)C. The van der Waals surface area contributed by atoms with Gasteiger partial charge in [-0.2, -0.15) is 0 Å². The molecule has 1 aromatic carbocycles. The standard InChI is InChI=1S/C17H29NO2/c1-6-18(11-13(3)4)12-16-10-15(14(5)19)8-9-17(16)20-7-2/h8-10,13-14,19H,6-7,11-12H2,1-5H3. The van der Waals surface area contributed by atoms with Crippen molar-refractivity contribution in [2.45, 2.75) is 47.3 Å². The van der Waals surface area contributed by atoms with Crippen LogP contribution in [0.4, 0.5) is 0 Å². The summed E-state index contributed by atoms with van der Waals surface area (Å²) in [6.45, 7) is 14.1. The van der Waals surface area contributed by atoms with E-state index in [-0.39, 0.29) is 0 Å². The van der Waals surface area contributed by atoms with Gasteiger partial charge in [-0.25, -0.2) is 0 Å². The van der Waals surface area contributed by atoms with Gasteiger partial charge in [-0.1, -0.05) is 26.8 Å². The summed E-state index contributed by atoms with van der Waals surface area (Å²) in [6.07, 6.45) is -0.440. The van der Waals surface area contributed by atoms with Crippen molar-refractivity contribution in [3.8, 4) is 5.75 Å². The van der Waals surface area contributed by atoms with E-state index < -0.39 is 6.10 Å². The smallest absolute Gasteiger partial charge is 0.123 e. The van der Waals surface area contributed by atoms with E-state index >= 15 is 0 Å². The van der Waals surface area contributed by atoms with Crippen molar-refractivity contribution in [2.75, 3.05) is 19.7 Å². The lowest BCUT2D eigenvalue weighted by molar-refractivity contribution is 0.198. The fourth-order valence-electron chi connectivity index (χ4n) is 2.34. The van der Waals surface area contributed by atoms with Crippen LogP contribution in [0.5, 0.6) is 5.75 Å². The van der Waals surface area contributed by atoms with E-state index in [1.54, 1.807) is 6.92 Å². The van der Waals surface area contributed by atoms with Crippen LogP contribution in [-0.2, 0) is 6.54 Å². The summed E-state index contributed by atoms with van der Waals surface area (Å²) < 4.78 is 5.71. The minimum absolute atomic E-state index is 0.440. The molecule has 1 unspecified atom stereocenters. The van der Waals surface area contributed by atoms with E-state index in [0.29, 0.717) is 12.5 Å². The Morgan fingerprint density at radius 1 is 1.20 bits per heavy atom. The summed E-state index contributed by atoms with van der Waals surface area (Å²) in [7, 11) is 0. The zero-order valence-electron chi connectivity index (χ0n) is 13.5. The highest BCUT2D eigenvalue weighted by molar-refractivity contribution is 5.38. The van der Waals surface area contributed by atoms with Gasteiger partial charge in [-0.15, -0.1) is 0 Å². The van der Waals surface area contributed by atoms with Crippen LogP contribution in [0.1, 0.15) is 51.8 Å². The zero-order valence-corrected chi connectivity index (χ0v) is 13.5. The molecule has 1 atom stereocenters. The third kappa shape index (κ3) is 5.14. The molecule has 0 radical (unpaired) electrons. The van der Waals surface area contributed by atoms with Gasteiger partial charge in [0.2, 0.25) is 0 Å². The molecule has 1 aromatic rings. The predicted molar refractivity (Wildman–Crippen MR) is 84.0 cm³/mol. The van der Waals surface area contributed by atoms with Gasteiger partial charge in [-0.05, 0) is 44.0 Å². The normalized spacial score (nSPS) is 13.0. The molecule has 0 amide bonds. The summed E-state index contributed by atoms with van der Waals surface area (Å²) in [4.78, 5) is 2.41. The van der Waals surface area contributed by atoms with Crippen molar-refractivity contribution >= 4 is 0 Å². The molecule has 1 N–H and O–H groups in total. The molecule has 0 saturated carbocycles. The first kappa shape index (κ1) is 17.0. The van der Waals surface area contributed by atoms with Gasteiger partial charge < -0.3 is 9.84 Å². The summed E-state index contributed by atoms with van der Waals surface area (Å²) in [5.74, 6) is 1.57. The van der Waals surface area contributed by atoms with Crippen molar-refractivity contribution < 1.29 is 9.84 Å². The lowest BCUT2D eigenvalue weighted by Crippen LogP contribution is -2.27. The molecule has 0 saturated heterocycles. The average Bonchev–Trinajstić information content (AvgIpc) is 2.39. The van der Waals surface area contributed by atoms with Crippen molar-refractivity contribution in [3.05, 3.63) is 29.3 Å². The topological polar surface area (TPSA) is 32.7 Å². The van der Waals surface area contributed by atoms with Crippen LogP contribution >= 0.6 is 0 Å². The second kappa shape index (κ2) is 8.28. The van der Waals surface area contributed by atoms with Gasteiger partial charge in [0, 0.05) is 18.7 Å². The second-order valence-electron chi connectivity index (χ2n) is 5.70. The van der Waals surface area contributed by atoms with Crippen molar-refractivity contribution in [3.63, 3.8) is 0 Å². The predicted octanol–water partition coefficient (Wildman–Crippen LogP) is 3.62. The third-order valence-corrected chi connectivity index (χ3v) is 3.33. The van der Waals surface area contributed by atoms with Gasteiger partial charge in [0.25, 0.3) is 0 Å². The number of rotatable bonds is 8. The molecule has 0 aliphatic heterocycles. The summed E-state index contributed by atoms with van der Waals surface area (Å²) in [6, 6.07) is 5.99. The van der Waals surface area contributed by atoms with Gasteiger partial charge >= 0.3 is 0 Å². The molecule has 3 nitrogen and oxygen atoms in total. The molecule has 114 valence electrons. The number of ether oxygens (including phenoxy) is 1. The number of aliphatic hydroxyl groups excluding tert-OH is 1. The molecule has 0 aliphatic rings. The molecule has 3 heteroatoms. The second-order valence-corrected chi connectivity index (χ2v) is 5.70. The Bertz CT molecular complexity index is 402. The van der Waals surface area contributed by atoms with E-state index in [1.165, 1.54) is 0 Å². The summed E-state index contributed by atoms with van der Waals surface area (Å²) in [5.41, 5.74) is 2.11. The number of benzene rings is 1. The molecule has 0 bridgehead atoms. The summed E-state index contributed by atoms with van der Waals surface area (Å²) >= 11 is 0. The van der Waals surface area contributed by atoms with Crippen molar-refractivity contribution in [1.82, 2.24) is 4.90 Å². The Kier molecular flexibility index (Phi) is 7.03. The van der Waals surface area contributed by atoms with Gasteiger partial charge in [0.05, 0.1) is 12.7 Å². The van der Waals surface area contributed by atoms with Gasteiger partial charge in [0.15, 0.2) is 0 Å². The van der Waals surface area contributed by atoms with E-state index in [4.69, 9.17) is 4.74 Å². The maximum absolute atomic E-state index is 9.75. The number of hydrogen-bond acceptors (Lipinski definition) is 3. The van der Waals surface area contributed by atoms with Crippen LogP contribution in [0.3, 0.4) is 0 Å². The van der Waals surface area contributed by atoms with Gasteiger partial charge in [-0.3, -0.25) is 4.90 Å². The first-order chi connectivity index (χ1) is 9.47. The largest absolute Gasteiger partial charge is 0.494 e. The van der Waals surface area contributed by atoms with Crippen LogP contribution in [0.15, 0.2) is 18.2 Å². The molecule has 0 aliphatic carbocycles. The fraction of sp³-hybridized carbons (Fsp3) is 0.647. The van der Waals surface area contributed by atoms with Crippen molar-refractivity contribution in [2.24, 2.45) is 5.92 Å². The van der Waals surface area contributed by atoms with Crippen LogP contribution < -0.4 is 4.74 Å². The molecule has 0 heterocycles. The van der Waals surface area contributed by atoms with Crippen LogP contribution in [-0.4, -0.2) is 29.7 Å². The molecule has 20 heavy (non-hydrogen) atoms. The minimum Gasteiger partial charge on any atom is -0.494 e. The number of nitrogens with zero attached hydrogens (tertiary/aromatic N) is 1. The highest BCUT2D eigenvalue weighted by Gasteiger charge is 2.12.